The molecule has 0 unspecified atom stereocenters. The maximum Gasteiger partial charge on any atom is 0.0715 e. The normalized spacial score (nSPS) is 21.1. The molecular weight excluding hydrogens is 170 g/mol. The van der Waals surface area contributed by atoms with Crippen LogP contribution < -0.4 is 0 Å². The van der Waals surface area contributed by atoms with Gasteiger partial charge in [0.25, 0.3) is 0 Å². The average molecular weight is 183 g/mol. The molecular formula is C13H13N. The number of rotatable bonds is 1. The van der Waals surface area contributed by atoms with Gasteiger partial charge in [0.15, 0.2) is 0 Å². The third kappa shape index (κ3) is 1.70. The Morgan fingerprint density at radius 1 is 1.21 bits per heavy atom. The molecule has 0 aromatic heterocycles. The molecule has 1 aromatic carbocycles. The van der Waals surface area contributed by atoms with Crippen LogP contribution in [-0.2, 0) is 0 Å². The van der Waals surface area contributed by atoms with Crippen molar-refractivity contribution in [2.45, 2.75) is 19.3 Å². The van der Waals surface area contributed by atoms with E-state index in [2.05, 4.69) is 24.3 Å². The number of hydrogen-bond donors (Lipinski definition) is 0. The Morgan fingerprint density at radius 2 is 2.00 bits per heavy atom. The van der Waals surface area contributed by atoms with Crippen LogP contribution in [0.2, 0.25) is 0 Å². The number of nitriles is 1. The zero-order chi connectivity index (χ0) is 9.80. The second kappa shape index (κ2) is 4.11. The van der Waals surface area contributed by atoms with E-state index >= 15 is 0 Å². The molecule has 1 aromatic rings. The van der Waals surface area contributed by atoms with E-state index in [4.69, 9.17) is 5.26 Å². The van der Waals surface area contributed by atoms with Crippen molar-refractivity contribution in [3.63, 3.8) is 0 Å². The summed E-state index contributed by atoms with van der Waals surface area (Å²) in [6, 6.07) is 12.6. The van der Waals surface area contributed by atoms with Gasteiger partial charge >= 0.3 is 0 Å². The van der Waals surface area contributed by atoms with Gasteiger partial charge in [-0.3, -0.25) is 0 Å². The number of hydrogen-bond acceptors (Lipinski definition) is 1. The van der Waals surface area contributed by atoms with Gasteiger partial charge in [0.05, 0.1) is 12.0 Å². The topological polar surface area (TPSA) is 23.8 Å². The molecule has 1 atom stereocenters. The van der Waals surface area contributed by atoms with Gasteiger partial charge in [0.1, 0.15) is 0 Å². The molecule has 2 rings (SSSR count). The van der Waals surface area contributed by atoms with Crippen LogP contribution in [0.4, 0.5) is 0 Å². The van der Waals surface area contributed by atoms with Crippen LogP contribution in [0.25, 0.3) is 5.57 Å². The number of allylic oxidation sites excluding steroid dienone is 2. The summed E-state index contributed by atoms with van der Waals surface area (Å²) in [5, 5.41) is 9.03. The minimum atomic E-state index is 0.103. The Hall–Kier alpha value is -1.55. The van der Waals surface area contributed by atoms with E-state index in [1.54, 1.807) is 0 Å². The fourth-order valence-corrected chi connectivity index (χ4v) is 1.96. The van der Waals surface area contributed by atoms with Crippen molar-refractivity contribution in [1.29, 1.82) is 5.26 Å². The first-order valence-electron chi connectivity index (χ1n) is 5.07. The summed E-state index contributed by atoms with van der Waals surface area (Å²) in [4.78, 5) is 0. The molecule has 0 N–H and O–H groups in total. The van der Waals surface area contributed by atoms with Gasteiger partial charge in [-0.25, -0.2) is 0 Å². The lowest BCUT2D eigenvalue weighted by Gasteiger charge is -2.18. The largest absolute Gasteiger partial charge is 0.198 e. The van der Waals surface area contributed by atoms with Gasteiger partial charge in [-0.1, -0.05) is 36.4 Å². The summed E-state index contributed by atoms with van der Waals surface area (Å²) in [5.74, 6) is 0.103. The van der Waals surface area contributed by atoms with Crippen LogP contribution in [0.5, 0.6) is 0 Å². The predicted octanol–water partition coefficient (Wildman–Crippen LogP) is 3.39. The zero-order valence-corrected chi connectivity index (χ0v) is 8.11. The molecule has 0 heterocycles. The van der Waals surface area contributed by atoms with E-state index < -0.39 is 0 Å². The molecule has 0 fully saturated rings. The van der Waals surface area contributed by atoms with Crippen molar-refractivity contribution < 1.29 is 0 Å². The first-order valence-corrected chi connectivity index (χ1v) is 5.07. The SMILES string of the molecule is N#C[C@H]1CCCC=C1c1ccccc1. The second-order valence-electron chi connectivity index (χ2n) is 3.64. The van der Waals surface area contributed by atoms with Gasteiger partial charge in [-0.2, -0.15) is 5.26 Å². The predicted molar refractivity (Wildman–Crippen MR) is 57.4 cm³/mol. The second-order valence-corrected chi connectivity index (χ2v) is 3.64. The molecule has 0 saturated carbocycles. The molecule has 0 spiro atoms. The molecule has 1 heteroatoms. The summed E-state index contributed by atoms with van der Waals surface area (Å²) in [7, 11) is 0. The molecule has 0 amide bonds. The lowest BCUT2D eigenvalue weighted by Crippen LogP contribution is -2.05. The lowest BCUT2D eigenvalue weighted by molar-refractivity contribution is 0.655. The molecule has 14 heavy (non-hydrogen) atoms. The van der Waals surface area contributed by atoms with E-state index in [0.717, 1.165) is 19.3 Å². The smallest absolute Gasteiger partial charge is 0.0715 e. The first-order chi connectivity index (χ1) is 6.92. The van der Waals surface area contributed by atoms with E-state index in [1.165, 1.54) is 11.1 Å². The van der Waals surface area contributed by atoms with Crippen molar-refractivity contribution in [2.24, 2.45) is 5.92 Å². The number of nitrogens with zero attached hydrogens (tertiary/aromatic N) is 1. The Bertz CT molecular complexity index is 370. The molecule has 1 aliphatic carbocycles. The summed E-state index contributed by atoms with van der Waals surface area (Å²) in [6.07, 6.45) is 5.49. The third-order valence-electron chi connectivity index (χ3n) is 2.70. The maximum atomic E-state index is 9.03. The number of benzene rings is 1. The van der Waals surface area contributed by atoms with Crippen LogP contribution in [-0.4, -0.2) is 0 Å². The van der Waals surface area contributed by atoms with Gasteiger partial charge in [0, 0.05) is 0 Å². The minimum absolute atomic E-state index is 0.103. The average Bonchev–Trinajstić information content (AvgIpc) is 2.30. The molecule has 70 valence electrons. The van der Waals surface area contributed by atoms with Gasteiger partial charge in [-0.05, 0) is 30.4 Å². The first kappa shape index (κ1) is 9.02. The Balaban J connectivity index is 2.34. The van der Waals surface area contributed by atoms with E-state index in [-0.39, 0.29) is 5.92 Å². The summed E-state index contributed by atoms with van der Waals surface area (Å²) >= 11 is 0. The fourth-order valence-electron chi connectivity index (χ4n) is 1.96. The highest BCUT2D eigenvalue weighted by molar-refractivity contribution is 5.69. The fraction of sp³-hybridized carbons (Fsp3) is 0.308. The quantitative estimate of drug-likeness (QED) is 0.654. The van der Waals surface area contributed by atoms with Crippen molar-refractivity contribution in [2.75, 3.05) is 0 Å². The van der Waals surface area contributed by atoms with Gasteiger partial charge in [-0.15, -0.1) is 0 Å². The van der Waals surface area contributed by atoms with Crippen LogP contribution in [0.3, 0.4) is 0 Å². The Labute approximate surface area is 84.7 Å². The monoisotopic (exact) mass is 183 g/mol. The summed E-state index contributed by atoms with van der Waals surface area (Å²) in [6.45, 7) is 0. The van der Waals surface area contributed by atoms with Crippen molar-refractivity contribution in [1.82, 2.24) is 0 Å². The zero-order valence-electron chi connectivity index (χ0n) is 8.11. The minimum Gasteiger partial charge on any atom is -0.198 e. The summed E-state index contributed by atoms with van der Waals surface area (Å²) in [5.41, 5.74) is 2.43. The van der Waals surface area contributed by atoms with Crippen LogP contribution in [0.15, 0.2) is 36.4 Å². The standard InChI is InChI=1S/C13H13N/c14-10-12-8-4-5-9-13(12)11-6-2-1-3-7-11/h1-3,6-7,9,12H,4-5,8H2/t12-/m1/s1. The molecule has 1 aliphatic rings. The highest BCUT2D eigenvalue weighted by Gasteiger charge is 2.17. The molecule has 0 aliphatic heterocycles. The summed E-state index contributed by atoms with van der Waals surface area (Å²) < 4.78 is 0. The molecule has 0 radical (unpaired) electrons. The van der Waals surface area contributed by atoms with Crippen LogP contribution in [0, 0.1) is 17.2 Å². The van der Waals surface area contributed by atoms with Crippen LogP contribution in [0.1, 0.15) is 24.8 Å². The van der Waals surface area contributed by atoms with E-state index in [1.807, 2.05) is 18.2 Å². The van der Waals surface area contributed by atoms with Crippen molar-refractivity contribution in [3.8, 4) is 6.07 Å². The van der Waals surface area contributed by atoms with Crippen molar-refractivity contribution >= 4 is 5.57 Å². The van der Waals surface area contributed by atoms with Crippen LogP contribution >= 0.6 is 0 Å². The highest BCUT2D eigenvalue weighted by atomic mass is 14.3. The van der Waals surface area contributed by atoms with Gasteiger partial charge < -0.3 is 0 Å². The van der Waals surface area contributed by atoms with Gasteiger partial charge in [0.2, 0.25) is 0 Å². The molecule has 0 saturated heterocycles. The Morgan fingerprint density at radius 3 is 2.71 bits per heavy atom. The van der Waals surface area contributed by atoms with Crippen molar-refractivity contribution in [3.05, 3.63) is 42.0 Å². The molecule has 0 bridgehead atoms. The maximum absolute atomic E-state index is 9.03. The molecule has 1 nitrogen and oxygen atoms in total. The van der Waals surface area contributed by atoms with E-state index in [9.17, 15) is 0 Å². The van der Waals surface area contributed by atoms with E-state index in [0.29, 0.717) is 0 Å². The lowest BCUT2D eigenvalue weighted by atomic mass is 9.85. The highest BCUT2D eigenvalue weighted by Crippen LogP contribution is 2.31. The third-order valence-corrected chi connectivity index (χ3v) is 2.70. The Kier molecular flexibility index (Phi) is 2.65.